The second kappa shape index (κ2) is 6.93. The fraction of sp³-hybridized carbons (Fsp3) is 0.118. The Morgan fingerprint density at radius 1 is 1.12 bits per heavy atom. The van der Waals surface area contributed by atoms with Gasteiger partial charge in [0.2, 0.25) is 5.91 Å². The Morgan fingerprint density at radius 3 is 2.62 bits per heavy atom. The molecular weight excluding hydrogens is 373 g/mol. The molecule has 2 aromatic carbocycles. The monoisotopic (exact) mass is 383 g/mol. The maximum Gasteiger partial charge on any atom is 0.228 e. The summed E-state index contributed by atoms with van der Waals surface area (Å²) in [6.45, 7) is 0. The molecule has 0 atom stereocenters. The number of hydrogen-bond acceptors (Lipinski definition) is 3. The van der Waals surface area contributed by atoms with Gasteiger partial charge in [-0.05, 0) is 24.3 Å². The number of amides is 1. The molecule has 7 heteroatoms. The second-order valence-electron chi connectivity index (χ2n) is 5.09. The molecule has 0 radical (unpaired) electrons. The van der Waals surface area contributed by atoms with Gasteiger partial charge in [0, 0.05) is 17.0 Å². The first kappa shape index (κ1) is 17.0. The van der Waals surface area contributed by atoms with Crippen LogP contribution in [-0.4, -0.2) is 13.0 Å². The molecule has 3 aromatic rings. The van der Waals surface area contributed by atoms with E-state index in [4.69, 9.17) is 44.0 Å². The van der Waals surface area contributed by atoms with Crippen LogP contribution in [0.15, 0.2) is 41.0 Å². The van der Waals surface area contributed by atoms with E-state index in [-0.39, 0.29) is 12.3 Å². The molecule has 1 aromatic heterocycles. The number of rotatable bonds is 4. The highest BCUT2D eigenvalue weighted by atomic mass is 35.5. The Kier molecular flexibility index (Phi) is 4.90. The molecule has 0 unspecified atom stereocenters. The first-order chi connectivity index (χ1) is 11.5. The topological polar surface area (TPSA) is 51.5 Å². The van der Waals surface area contributed by atoms with Crippen LogP contribution in [0, 0.1) is 0 Å². The number of nitrogens with one attached hydrogen (secondary N) is 1. The molecular formula is C17H12Cl3NO3. The molecule has 0 fully saturated rings. The highest BCUT2D eigenvalue weighted by molar-refractivity contribution is 6.44. The summed E-state index contributed by atoms with van der Waals surface area (Å²) in [6, 6.07) is 8.44. The fourth-order valence-corrected chi connectivity index (χ4v) is 2.91. The number of benzene rings is 2. The van der Waals surface area contributed by atoms with Crippen molar-refractivity contribution < 1.29 is 13.9 Å². The van der Waals surface area contributed by atoms with Crippen LogP contribution < -0.4 is 10.1 Å². The molecule has 0 aliphatic rings. The zero-order chi connectivity index (χ0) is 17.3. The summed E-state index contributed by atoms with van der Waals surface area (Å²) in [5.41, 5.74) is 1.83. The average molecular weight is 385 g/mol. The zero-order valence-electron chi connectivity index (χ0n) is 12.5. The van der Waals surface area contributed by atoms with Gasteiger partial charge >= 0.3 is 0 Å². The van der Waals surface area contributed by atoms with Gasteiger partial charge in [0.15, 0.2) is 0 Å². The van der Waals surface area contributed by atoms with Crippen molar-refractivity contribution in [1.29, 1.82) is 0 Å². The van der Waals surface area contributed by atoms with Crippen LogP contribution in [0.3, 0.4) is 0 Å². The van der Waals surface area contributed by atoms with Gasteiger partial charge in [-0.25, -0.2) is 0 Å². The van der Waals surface area contributed by atoms with Crippen LogP contribution in [0.4, 0.5) is 5.69 Å². The van der Waals surface area contributed by atoms with Crippen LogP contribution in [-0.2, 0) is 11.2 Å². The van der Waals surface area contributed by atoms with E-state index in [1.807, 2.05) is 12.1 Å². The highest BCUT2D eigenvalue weighted by Gasteiger charge is 2.13. The molecule has 0 aliphatic carbocycles. The van der Waals surface area contributed by atoms with E-state index in [2.05, 4.69) is 5.32 Å². The van der Waals surface area contributed by atoms with Gasteiger partial charge in [-0.3, -0.25) is 4.79 Å². The van der Waals surface area contributed by atoms with Crippen molar-refractivity contribution in [3.8, 4) is 5.75 Å². The lowest BCUT2D eigenvalue weighted by Gasteiger charge is -2.08. The van der Waals surface area contributed by atoms with Gasteiger partial charge in [-0.1, -0.05) is 34.8 Å². The number of furan rings is 1. The van der Waals surface area contributed by atoms with Crippen LogP contribution >= 0.6 is 34.8 Å². The summed E-state index contributed by atoms with van der Waals surface area (Å²) < 4.78 is 10.6. The van der Waals surface area contributed by atoms with E-state index in [0.717, 1.165) is 10.9 Å². The number of halogens is 3. The van der Waals surface area contributed by atoms with E-state index in [0.29, 0.717) is 32.1 Å². The van der Waals surface area contributed by atoms with Gasteiger partial charge in [0.1, 0.15) is 11.3 Å². The predicted molar refractivity (Wildman–Crippen MR) is 96.6 cm³/mol. The summed E-state index contributed by atoms with van der Waals surface area (Å²) in [7, 11) is 1.58. The summed E-state index contributed by atoms with van der Waals surface area (Å²) in [5.74, 6) is 0.448. The van der Waals surface area contributed by atoms with Crippen LogP contribution in [0.25, 0.3) is 11.0 Å². The number of hydrogen-bond donors (Lipinski definition) is 1. The van der Waals surface area contributed by atoms with Gasteiger partial charge in [-0.2, -0.15) is 0 Å². The smallest absolute Gasteiger partial charge is 0.228 e. The molecule has 0 saturated heterocycles. The van der Waals surface area contributed by atoms with Crippen molar-refractivity contribution in [1.82, 2.24) is 0 Å². The van der Waals surface area contributed by atoms with Crippen molar-refractivity contribution in [2.75, 3.05) is 12.4 Å². The minimum atomic E-state index is -0.242. The summed E-state index contributed by atoms with van der Waals surface area (Å²) in [4.78, 5) is 12.3. The number of carbonyl (C=O) groups excluding carboxylic acids is 1. The number of carbonyl (C=O) groups is 1. The minimum absolute atomic E-state index is 0.135. The molecule has 4 nitrogen and oxygen atoms in total. The van der Waals surface area contributed by atoms with Gasteiger partial charge in [-0.15, -0.1) is 0 Å². The van der Waals surface area contributed by atoms with E-state index in [1.165, 1.54) is 12.1 Å². The lowest BCUT2D eigenvalue weighted by molar-refractivity contribution is -0.115. The molecule has 1 amide bonds. The van der Waals surface area contributed by atoms with E-state index < -0.39 is 0 Å². The van der Waals surface area contributed by atoms with Crippen molar-refractivity contribution in [2.45, 2.75) is 6.42 Å². The number of fused-ring (bicyclic) bond motifs is 1. The lowest BCUT2D eigenvalue weighted by atomic mass is 10.1. The Hall–Kier alpha value is -1.88. The standard InChI is InChI=1S/C17H12Cl3NO3/c1-23-10-2-3-11-9(8-24-16(11)5-10)4-17(22)21-15-7-13(19)12(18)6-14(15)20/h2-3,5-8H,4H2,1H3,(H,21,22). The van der Waals surface area contributed by atoms with Crippen LogP contribution in [0.5, 0.6) is 5.75 Å². The molecule has 1 heterocycles. The van der Waals surface area contributed by atoms with Crippen LogP contribution in [0.2, 0.25) is 15.1 Å². The SMILES string of the molecule is COc1ccc2c(CC(=O)Nc3cc(Cl)c(Cl)cc3Cl)coc2c1. The highest BCUT2D eigenvalue weighted by Crippen LogP contribution is 2.32. The number of anilines is 1. The Bertz CT molecular complexity index is 921. The lowest BCUT2D eigenvalue weighted by Crippen LogP contribution is -2.14. The summed E-state index contributed by atoms with van der Waals surface area (Å²) in [5, 5.41) is 4.54. The van der Waals surface area contributed by atoms with E-state index in [1.54, 1.807) is 19.4 Å². The van der Waals surface area contributed by atoms with Crippen LogP contribution in [0.1, 0.15) is 5.56 Å². The first-order valence-corrected chi connectivity index (χ1v) is 8.10. The molecule has 24 heavy (non-hydrogen) atoms. The third-order valence-corrected chi connectivity index (χ3v) is 4.53. The van der Waals surface area contributed by atoms with Crippen molar-refractivity contribution >= 4 is 57.4 Å². The Labute approximate surface area is 153 Å². The quantitative estimate of drug-likeness (QED) is 0.597. The predicted octanol–water partition coefficient (Wildman–Crippen LogP) is 5.58. The van der Waals surface area contributed by atoms with Gasteiger partial charge < -0.3 is 14.5 Å². The molecule has 0 saturated carbocycles. The molecule has 0 spiro atoms. The largest absolute Gasteiger partial charge is 0.497 e. The molecule has 124 valence electrons. The van der Waals surface area contributed by atoms with Crippen molar-refractivity contribution in [2.24, 2.45) is 0 Å². The van der Waals surface area contributed by atoms with Gasteiger partial charge in [0.25, 0.3) is 0 Å². The summed E-state index contributed by atoms with van der Waals surface area (Å²) >= 11 is 17.9. The van der Waals surface area contributed by atoms with Crippen molar-refractivity contribution in [3.63, 3.8) is 0 Å². The average Bonchev–Trinajstić information content (AvgIpc) is 2.94. The maximum atomic E-state index is 12.3. The second-order valence-corrected chi connectivity index (χ2v) is 6.32. The maximum absolute atomic E-state index is 12.3. The number of methoxy groups -OCH3 is 1. The fourth-order valence-electron chi connectivity index (χ4n) is 2.31. The van der Waals surface area contributed by atoms with Crippen molar-refractivity contribution in [3.05, 3.63) is 57.2 Å². The third kappa shape index (κ3) is 3.46. The molecule has 0 aliphatic heterocycles. The number of ether oxygens (including phenoxy) is 1. The van der Waals surface area contributed by atoms with E-state index in [9.17, 15) is 4.79 Å². The normalized spacial score (nSPS) is 10.8. The minimum Gasteiger partial charge on any atom is -0.497 e. The first-order valence-electron chi connectivity index (χ1n) is 6.96. The zero-order valence-corrected chi connectivity index (χ0v) is 14.8. The summed E-state index contributed by atoms with van der Waals surface area (Å²) in [6.07, 6.45) is 1.69. The van der Waals surface area contributed by atoms with E-state index >= 15 is 0 Å². The third-order valence-electron chi connectivity index (χ3n) is 3.50. The van der Waals surface area contributed by atoms with Gasteiger partial charge in [0.05, 0.1) is 40.5 Å². The Balaban J connectivity index is 1.79. The molecule has 1 N–H and O–H groups in total. The molecule has 3 rings (SSSR count). The molecule has 0 bridgehead atoms. The Morgan fingerprint density at radius 2 is 1.88 bits per heavy atom.